The van der Waals surface area contributed by atoms with Gasteiger partial charge in [0.2, 0.25) is 5.82 Å². The quantitative estimate of drug-likeness (QED) is 0.569. The van der Waals surface area contributed by atoms with Crippen LogP contribution in [-0.2, 0) is 4.79 Å². The normalized spacial score (nSPS) is 18.4. The second-order valence-corrected chi connectivity index (χ2v) is 4.19. The van der Waals surface area contributed by atoms with E-state index in [4.69, 9.17) is 10.4 Å². The SMILES string of the molecule is N#Cc1cnc(N2CCNCC2C(=O)O)c([N+](=O)[O-])c1. The summed E-state index contributed by atoms with van der Waals surface area (Å²) >= 11 is 0. The van der Waals surface area contributed by atoms with Crippen LogP contribution in [0.3, 0.4) is 0 Å². The molecular formula is C11H11N5O4. The number of carboxylic acid groups (broad SMARTS) is 1. The molecule has 9 heteroatoms. The van der Waals surface area contributed by atoms with Crippen LogP contribution >= 0.6 is 0 Å². The predicted octanol–water partition coefficient (Wildman–Crippen LogP) is -0.276. The van der Waals surface area contributed by atoms with Gasteiger partial charge in [-0.1, -0.05) is 0 Å². The molecule has 1 saturated heterocycles. The molecule has 9 nitrogen and oxygen atoms in total. The third-order valence-electron chi connectivity index (χ3n) is 2.97. The minimum absolute atomic E-state index is 0.0251. The first kappa shape index (κ1) is 13.7. The summed E-state index contributed by atoms with van der Waals surface area (Å²) in [4.78, 5) is 26.9. The summed E-state index contributed by atoms with van der Waals surface area (Å²) in [6, 6.07) is 1.94. The molecule has 0 spiro atoms. The van der Waals surface area contributed by atoms with Crippen molar-refractivity contribution in [1.82, 2.24) is 10.3 Å². The van der Waals surface area contributed by atoms with Crippen molar-refractivity contribution >= 4 is 17.5 Å². The Labute approximate surface area is 113 Å². The number of carbonyl (C=O) groups is 1. The number of aliphatic carboxylic acids is 1. The first-order valence-corrected chi connectivity index (χ1v) is 5.79. The van der Waals surface area contributed by atoms with Gasteiger partial charge in [0.05, 0.1) is 10.5 Å². The number of nitro groups is 1. The number of hydrogen-bond donors (Lipinski definition) is 2. The molecule has 2 heterocycles. The van der Waals surface area contributed by atoms with Crippen LogP contribution < -0.4 is 10.2 Å². The van der Waals surface area contributed by atoms with Gasteiger partial charge in [0.1, 0.15) is 12.1 Å². The molecule has 0 aliphatic carbocycles. The first-order chi connectivity index (χ1) is 9.54. The van der Waals surface area contributed by atoms with E-state index in [1.807, 2.05) is 0 Å². The maximum Gasteiger partial charge on any atom is 0.327 e. The number of anilines is 1. The fourth-order valence-corrected chi connectivity index (χ4v) is 2.04. The Hall–Kier alpha value is -2.73. The summed E-state index contributed by atoms with van der Waals surface area (Å²) in [7, 11) is 0. The van der Waals surface area contributed by atoms with Crippen molar-refractivity contribution in [2.75, 3.05) is 24.5 Å². The summed E-state index contributed by atoms with van der Waals surface area (Å²) in [5.41, 5.74) is -0.306. The Morgan fingerprint density at radius 2 is 2.45 bits per heavy atom. The molecule has 20 heavy (non-hydrogen) atoms. The maximum atomic E-state index is 11.2. The molecular weight excluding hydrogens is 266 g/mol. The minimum Gasteiger partial charge on any atom is -0.480 e. The van der Waals surface area contributed by atoms with Gasteiger partial charge in [-0.15, -0.1) is 0 Å². The number of rotatable bonds is 3. The van der Waals surface area contributed by atoms with Crippen molar-refractivity contribution in [1.29, 1.82) is 5.26 Å². The lowest BCUT2D eigenvalue weighted by molar-refractivity contribution is -0.384. The zero-order chi connectivity index (χ0) is 14.7. The molecule has 2 N–H and O–H groups in total. The van der Waals surface area contributed by atoms with E-state index in [1.54, 1.807) is 6.07 Å². The summed E-state index contributed by atoms with van der Waals surface area (Å²) in [5.74, 6) is -1.11. The van der Waals surface area contributed by atoms with E-state index in [0.29, 0.717) is 6.54 Å². The van der Waals surface area contributed by atoms with Gasteiger partial charge in [-0.3, -0.25) is 10.1 Å². The van der Waals surface area contributed by atoms with E-state index in [0.717, 1.165) is 6.07 Å². The molecule has 1 aromatic heterocycles. The molecule has 1 aromatic rings. The van der Waals surface area contributed by atoms with E-state index in [9.17, 15) is 14.9 Å². The molecule has 1 atom stereocenters. The molecule has 2 rings (SSSR count). The van der Waals surface area contributed by atoms with Crippen LogP contribution in [0.4, 0.5) is 11.5 Å². The van der Waals surface area contributed by atoms with Crippen molar-refractivity contribution < 1.29 is 14.8 Å². The monoisotopic (exact) mass is 277 g/mol. The summed E-state index contributed by atoms with van der Waals surface area (Å²) < 4.78 is 0. The summed E-state index contributed by atoms with van der Waals surface area (Å²) in [6.07, 6.45) is 1.20. The average Bonchev–Trinajstić information content (AvgIpc) is 2.46. The van der Waals surface area contributed by atoms with Crippen LogP contribution in [0, 0.1) is 21.4 Å². The molecule has 1 fully saturated rings. The molecule has 0 aromatic carbocycles. The van der Waals surface area contributed by atoms with Gasteiger partial charge in [-0.05, 0) is 0 Å². The fraction of sp³-hybridized carbons (Fsp3) is 0.364. The highest BCUT2D eigenvalue weighted by Crippen LogP contribution is 2.28. The number of nitriles is 1. The standard InChI is InChI=1S/C11H11N5O4/c12-4-7-3-8(16(19)20)10(14-5-7)15-2-1-13-6-9(15)11(17)18/h3,5,9,13H,1-2,6H2,(H,17,18). The Kier molecular flexibility index (Phi) is 3.76. The number of pyridine rings is 1. The lowest BCUT2D eigenvalue weighted by Crippen LogP contribution is -2.55. The molecule has 0 bridgehead atoms. The smallest absolute Gasteiger partial charge is 0.327 e. The number of nitrogens with one attached hydrogen (secondary N) is 1. The minimum atomic E-state index is -1.09. The molecule has 0 saturated carbocycles. The molecule has 1 aliphatic rings. The van der Waals surface area contributed by atoms with Crippen LogP contribution in [-0.4, -0.2) is 46.7 Å². The Balaban J connectivity index is 2.47. The van der Waals surface area contributed by atoms with Crippen LogP contribution in [0.5, 0.6) is 0 Å². The van der Waals surface area contributed by atoms with Crippen molar-refractivity contribution in [2.45, 2.75) is 6.04 Å². The van der Waals surface area contributed by atoms with Crippen LogP contribution in [0.2, 0.25) is 0 Å². The number of hydrogen-bond acceptors (Lipinski definition) is 7. The number of nitrogens with zero attached hydrogens (tertiary/aromatic N) is 4. The Bertz CT molecular complexity index is 597. The Morgan fingerprint density at radius 1 is 1.70 bits per heavy atom. The largest absolute Gasteiger partial charge is 0.480 e. The number of aromatic nitrogens is 1. The lowest BCUT2D eigenvalue weighted by atomic mass is 10.1. The van der Waals surface area contributed by atoms with Crippen molar-refractivity contribution in [3.05, 3.63) is 27.9 Å². The van der Waals surface area contributed by atoms with E-state index in [2.05, 4.69) is 10.3 Å². The molecule has 0 amide bonds. The Morgan fingerprint density at radius 3 is 3.05 bits per heavy atom. The summed E-state index contributed by atoms with van der Waals surface area (Å²) in [5, 5.41) is 31.9. The fourth-order valence-electron chi connectivity index (χ4n) is 2.04. The second kappa shape index (κ2) is 5.50. The van der Waals surface area contributed by atoms with Gasteiger partial charge >= 0.3 is 11.7 Å². The van der Waals surface area contributed by atoms with Crippen LogP contribution in [0.15, 0.2) is 12.3 Å². The van der Waals surface area contributed by atoms with E-state index in [-0.39, 0.29) is 30.2 Å². The number of piperazine rings is 1. The molecule has 0 radical (unpaired) electrons. The lowest BCUT2D eigenvalue weighted by Gasteiger charge is -2.33. The topological polar surface area (TPSA) is 132 Å². The van der Waals surface area contributed by atoms with Crippen molar-refractivity contribution in [3.63, 3.8) is 0 Å². The highest BCUT2D eigenvalue weighted by Gasteiger charge is 2.33. The third kappa shape index (κ3) is 2.50. The first-order valence-electron chi connectivity index (χ1n) is 5.79. The van der Waals surface area contributed by atoms with Crippen molar-refractivity contribution in [3.8, 4) is 6.07 Å². The average molecular weight is 277 g/mol. The highest BCUT2D eigenvalue weighted by atomic mass is 16.6. The highest BCUT2D eigenvalue weighted by molar-refractivity contribution is 5.80. The molecule has 104 valence electrons. The number of carboxylic acids is 1. The van der Waals surface area contributed by atoms with Gasteiger partial charge in [0, 0.05) is 31.9 Å². The maximum absolute atomic E-state index is 11.2. The zero-order valence-electron chi connectivity index (χ0n) is 10.3. The van der Waals surface area contributed by atoms with Gasteiger partial charge in [0.15, 0.2) is 0 Å². The van der Waals surface area contributed by atoms with Gasteiger partial charge < -0.3 is 15.3 Å². The zero-order valence-corrected chi connectivity index (χ0v) is 10.3. The third-order valence-corrected chi connectivity index (χ3v) is 2.97. The molecule has 1 aliphatic heterocycles. The second-order valence-electron chi connectivity index (χ2n) is 4.19. The van der Waals surface area contributed by atoms with E-state index >= 15 is 0 Å². The molecule has 1 unspecified atom stereocenters. The predicted molar refractivity (Wildman–Crippen MR) is 67.2 cm³/mol. The van der Waals surface area contributed by atoms with Gasteiger partial charge in [-0.25, -0.2) is 9.78 Å². The van der Waals surface area contributed by atoms with E-state index < -0.39 is 16.9 Å². The van der Waals surface area contributed by atoms with Crippen LogP contribution in [0.25, 0.3) is 0 Å². The van der Waals surface area contributed by atoms with Crippen molar-refractivity contribution in [2.24, 2.45) is 0 Å². The van der Waals surface area contributed by atoms with E-state index in [1.165, 1.54) is 11.1 Å². The summed E-state index contributed by atoms with van der Waals surface area (Å²) in [6.45, 7) is 0.966. The van der Waals surface area contributed by atoms with Gasteiger partial charge in [0.25, 0.3) is 0 Å². The van der Waals surface area contributed by atoms with Gasteiger partial charge in [-0.2, -0.15) is 5.26 Å². The van der Waals surface area contributed by atoms with Crippen LogP contribution in [0.1, 0.15) is 5.56 Å².